The van der Waals surface area contributed by atoms with Crippen molar-refractivity contribution in [1.82, 2.24) is 25.9 Å². The van der Waals surface area contributed by atoms with E-state index in [-0.39, 0.29) is 29.2 Å². The van der Waals surface area contributed by atoms with Crippen molar-refractivity contribution in [3.05, 3.63) is 17.7 Å². The number of hydrogen-bond acceptors (Lipinski definition) is 8. The van der Waals surface area contributed by atoms with Crippen molar-refractivity contribution in [2.75, 3.05) is 31.1 Å². The third kappa shape index (κ3) is 3.80. The molecule has 0 bridgehead atoms. The first-order chi connectivity index (χ1) is 13.7. The average molecular weight is 433 g/mol. The summed E-state index contributed by atoms with van der Waals surface area (Å²) in [5.41, 5.74) is -1.50. The molecule has 2 aromatic rings. The number of H-pyrrole nitrogens is 1. The van der Waals surface area contributed by atoms with Crippen LogP contribution in [0.15, 0.2) is 17.0 Å². The number of tetrazole rings is 1. The van der Waals surface area contributed by atoms with Gasteiger partial charge in [-0.15, -0.1) is 10.2 Å². The summed E-state index contributed by atoms with van der Waals surface area (Å²) < 4.78 is 70.9. The fourth-order valence-corrected chi connectivity index (χ4v) is 4.80. The highest BCUT2D eigenvalue weighted by atomic mass is 32.2. The molecule has 4 rings (SSSR count). The van der Waals surface area contributed by atoms with Crippen molar-refractivity contribution in [2.24, 2.45) is 5.14 Å². The van der Waals surface area contributed by atoms with E-state index in [0.717, 1.165) is 6.54 Å². The number of nitrogens with zero attached hydrogens (tertiary/aromatic N) is 4. The summed E-state index contributed by atoms with van der Waals surface area (Å²) in [4.78, 5) is 0.683. The molecule has 0 radical (unpaired) electrons. The second-order valence-electron chi connectivity index (χ2n) is 6.82. The van der Waals surface area contributed by atoms with Crippen molar-refractivity contribution in [2.45, 2.75) is 29.6 Å². The number of halogens is 3. The second-order valence-corrected chi connectivity index (χ2v) is 8.32. The fraction of sp³-hybridized carbons (Fsp3) is 0.533. The Morgan fingerprint density at radius 1 is 1.31 bits per heavy atom. The molecule has 2 fully saturated rings. The van der Waals surface area contributed by atoms with Gasteiger partial charge in [0.2, 0.25) is 15.8 Å². The number of rotatable bonds is 3. The van der Waals surface area contributed by atoms with E-state index in [9.17, 15) is 21.6 Å². The van der Waals surface area contributed by atoms with Crippen LogP contribution in [0, 0.1) is 0 Å². The zero-order valence-electron chi connectivity index (χ0n) is 15.0. The molecule has 0 aliphatic carbocycles. The first kappa shape index (κ1) is 20.0. The number of primary sulfonamides is 1. The number of nitrogens with one attached hydrogen (secondary N) is 2. The summed E-state index contributed by atoms with van der Waals surface area (Å²) >= 11 is 0. The quantitative estimate of drug-likeness (QED) is 0.619. The second kappa shape index (κ2) is 7.19. The number of fused-ring (bicyclic) bond motifs is 1. The van der Waals surface area contributed by atoms with Gasteiger partial charge >= 0.3 is 6.18 Å². The molecule has 10 nitrogen and oxygen atoms in total. The van der Waals surface area contributed by atoms with Crippen LogP contribution < -0.4 is 15.4 Å². The smallest absolute Gasteiger partial charge is 0.373 e. The van der Waals surface area contributed by atoms with E-state index in [1.54, 1.807) is 4.90 Å². The molecule has 158 valence electrons. The van der Waals surface area contributed by atoms with Gasteiger partial charge in [0.1, 0.15) is 4.90 Å². The van der Waals surface area contributed by atoms with Gasteiger partial charge in [0.05, 0.1) is 23.8 Å². The molecule has 0 amide bonds. The van der Waals surface area contributed by atoms with Crippen LogP contribution in [-0.4, -0.2) is 67.4 Å². The van der Waals surface area contributed by atoms with Crippen LogP contribution in [-0.2, 0) is 20.9 Å². The molecular formula is C15H18F3N7O3S. The largest absolute Gasteiger partial charge is 0.417 e. The Labute approximate surface area is 163 Å². The lowest BCUT2D eigenvalue weighted by Gasteiger charge is -2.43. The number of nitrogens with two attached hydrogens (primary N) is 1. The Morgan fingerprint density at radius 3 is 2.76 bits per heavy atom. The summed E-state index contributed by atoms with van der Waals surface area (Å²) in [5, 5.41) is 21.5. The maximum Gasteiger partial charge on any atom is 0.417 e. The molecule has 2 aliphatic heterocycles. The summed E-state index contributed by atoms with van der Waals surface area (Å²) in [6.45, 7) is 2.07. The number of morpholine rings is 1. The predicted molar refractivity (Wildman–Crippen MR) is 94.3 cm³/mol. The van der Waals surface area contributed by atoms with Crippen LogP contribution in [0.1, 0.15) is 12.0 Å². The minimum Gasteiger partial charge on any atom is -0.373 e. The van der Waals surface area contributed by atoms with E-state index in [0.29, 0.717) is 32.2 Å². The Bertz CT molecular complexity index is 997. The van der Waals surface area contributed by atoms with Crippen LogP contribution >= 0.6 is 0 Å². The standard InChI is InChI=1S/C15H18F3N7O3S/c16-15(17,18)8-1-2-10(25-5-3-9-11(7-25)28-6-4-20-9)12(13(8)29(19,26)27)14-21-23-24-22-14/h1-2,9,11,20H,3-7H2,(H2,19,26,27)(H,21,22,23,24). The number of sulfonamides is 1. The topological polar surface area (TPSA) is 139 Å². The monoisotopic (exact) mass is 433 g/mol. The zero-order valence-corrected chi connectivity index (χ0v) is 15.8. The van der Waals surface area contributed by atoms with E-state index < -0.39 is 26.7 Å². The number of ether oxygens (including phenoxy) is 1. The van der Waals surface area contributed by atoms with Gasteiger partial charge in [0.15, 0.2) is 0 Å². The maximum absolute atomic E-state index is 13.6. The Kier molecular flexibility index (Phi) is 4.96. The Morgan fingerprint density at radius 2 is 2.10 bits per heavy atom. The molecule has 2 saturated heterocycles. The van der Waals surface area contributed by atoms with Gasteiger partial charge in [-0.2, -0.15) is 18.4 Å². The number of piperidine rings is 1. The molecule has 4 N–H and O–H groups in total. The number of anilines is 1. The minimum absolute atomic E-state index is 0.126. The van der Waals surface area contributed by atoms with Gasteiger partial charge in [-0.1, -0.05) is 0 Å². The molecule has 0 spiro atoms. The van der Waals surface area contributed by atoms with Crippen molar-refractivity contribution in [1.29, 1.82) is 0 Å². The first-order valence-corrected chi connectivity index (χ1v) is 10.3. The Balaban J connectivity index is 1.89. The number of alkyl halides is 3. The third-order valence-electron chi connectivity index (χ3n) is 5.03. The average Bonchev–Trinajstić information content (AvgIpc) is 3.19. The molecule has 2 aliphatic rings. The van der Waals surface area contributed by atoms with Gasteiger partial charge in [-0.3, -0.25) is 0 Å². The molecule has 3 heterocycles. The van der Waals surface area contributed by atoms with Crippen molar-refractivity contribution in [3.8, 4) is 11.4 Å². The van der Waals surface area contributed by atoms with Crippen LogP contribution in [0.25, 0.3) is 11.4 Å². The molecule has 0 saturated carbocycles. The third-order valence-corrected chi connectivity index (χ3v) is 6.03. The van der Waals surface area contributed by atoms with Crippen LogP contribution in [0.3, 0.4) is 0 Å². The predicted octanol–water partition coefficient (Wildman–Crippen LogP) is 0.100. The summed E-state index contributed by atoms with van der Waals surface area (Å²) in [6.07, 6.45) is -4.46. The highest BCUT2D eigenvalue weighted by molar-refractivity contribution is 7.89. The van der Waals surface area contributed by atoms with Crippen molar-refractivity contribution >= 4 is 15.7 Å². The van der Waals surface area contributed by atoms with Gasteiger partial charge in [0, 0.05) is 31.4 Å². The van der Waals surface area contributed by atoms with Gasteiger partial charge in [-0.05, 0) is 23.8 Å². The normalized spacial score (nSPS) is 23.1. The lowest BCUT2D eigenvalue weighted by atomic mass is 9.98. The van der Waals surface area contributed by atoms with E-state index in [1.807, 2.05) is 0 Å². The highest BCUT2D eigenvalue weighted by Gasteiger charge is 2.41. The van der Waals surface area contributed by atoms with E-state index in [2.05, 4.69) is 25.9 Å². The maximum atomic E-state index is 13.6. The minimum atomic E-state index is -4.94. The summed E-state index contributed by atoms with van der Waals surface area (Å²) in [6, 6.07) is 2.05. The SMILES string of the molecule is NS(=O)(=O)c1c(C(F)(F)F)ccc(N2CCC3NCCOC3C2)c1-c1nn[nH]n1. The lowest BCUT2D eigenvalue weighted by molar-refractivity contribution is -0.139. The number of aromatic amines is 1. The van der Waals surface area contributed by atoms with Crippen LogP contribution in [0.2, 0.25) is 0 Å². The van der Waals surface area contributed by atoms with Crippen LogP contribution in [0.5, 0.6) is 0 Å². The van der Waals surface area contributed by atoms with E-state index >= 15 is 0 Å². The lowest BCUT2D eigenvalue weighted by Crippen LogP contribution is -2.57. The molecule has 1 aromatic carbocycles. The summed E-state index contributed by atoms with van der Waals surface area (Å²) in [7, 11) is -4.77. The molecule has 1 aromatic heterocycles. The molecule has 2 unspecified atom stereocenters. The number of aromatic nitrogens is 4. The van der Waals surface area contributed by atoms with Gasteiger partial charge in [0.25, 0.3) is 0 Å². The fourth-order valence-electron chi connectivity index (χ4n) is 3.83. The van der Waals surface area contributed by atoms with E-state index in [1.165, 1.54) is 6.07 Å². The van der Waals surface area contributed by atoms with Crippen molar-refractivity contribution < 1.29 is 26.3 Å². The number of hydrogen-bond donors (Lipinski definition) is 3. The first-order valence-electron chi connectivity index (χ1n) is 8.77. The van der Waals surface area contributed by atoms with Gasteiger partial charge in [-0.25, -0.2) is 13.6 Å². The molecule has 2 atom stereocenters. The zero-order chi connectivity index (χ0) is 20.8. The van der Waals surface area contributed by atoms with Gasteiger partial charge < -0.3 is 15.0 Å². The van der Waals surface area contributed by atoms with Crippen LogP contribution in [0.4, 0.5) is 18.9 Å². The molecule has 14 heteroatoms. The molecule has 29 heavy (non-hydrogen) atoms. The highest BCUT2D eigenvalue weighted by Crippen LogP contribution is 2.43. The summed E-state index contributed by atoms with van der Waals surface area (Å²) in [5.74, 6) is -0.292. The number of benzene rings is 1. The van der Waals surface area contributed by atoms with Crippen molar-refractivity contribution in [3.63, 3.8) is 0 Å². The Hall–Kier alpha value is -2.29. The molecular weight excluding hydrogens is 415 g/mol. The van der Waals surface area contributed by atoms with E-state index in [4.69, 9.17) is 9.88 Å².